The Morgan fingerprint density at radius 1 is 1.27 bits per heavy atom. The SMILES string of the molecule is Cc1ccc(C(C[N+](=O)[O-])C(C)C)cc1. The molecule has 0 aromatic heterocycles. The van der Waals surface area contributed by atoms with E-state index in [1.165, 1.54) is 5.56 Å². The van der Waals surface area contributed by atoms with Gasteiger partial charge in [0, 0.05) is 4.92 Å². The maximum absolute atomic E-state index is 10.6. The zero-order valence-electron chi connectivity index (χ0n) is 9.43. The van der Waals surface area contributed by atoms with E-state index in [4.69, 9.17) is 0 Å². The number of nitro groups is 1. The fourth-order valence-corrected chi connectivity index (χ4v) is 1.68. The molecule has 1 aromatic carbocycles. The summed E-state index contributed by atoms with van der Waals surface area (Å²) in [5.41, 5.74) is 2.25. The first-order chi connectivity index (χ1) is 7.00. The number of aryl methyl sites for hydroxylation is 1. The van der Waals surface area contributed by atoms with Gasteiger partial charge in [-0.25, -0.2) is 0 Å². The van der Waals surface area contributed by atoms with Crippen molar-refractivity contribution >= 4 is 0 Å². The monoisotopic (exact) mass is 207 g/mol. The van der Waals surface area contributed by atoms with Gasteiger partial charge in [-0.05, 0) is 18.4 Å². The molecule has 15 heavy (non-hydrogen) atoms. The van der Waals surface area contributed by atoms with Crippen molar-refractivity contribution in [3.8, 4) is 0 Å². The van der Waals surface area contributed by atoms with Gasteiger partial charge in [0.05, 0.1) is 5.92 Å². The fraction of sp³-hybridized carbons (Fsp3) is 0.500. The highest BCUT2D eigenvalue weighted by atomic mass is 16.6. The van der Waals surface area contributed by atoms with E-state index in [2.05, 4.69) is 0 Å². The van der Waals surface area contributed by atoms with Crippen molar-refractivity contribution < 1.29 is 4.92 Å². The predicted molar refractivity (Wildman–Crippen MR) is 60.6 cm³/mol. The molecule has 0 bridgehead atoms. The van der Waals surface area contributed by atoms with Crippen LogP contribution >= 0.6 is 0 Å². The second kappa shape index (κ2) is 4.91. The molecular weight excluding hydrogens is 190 g/mol. The molecule has 82 valence electrons. The Labute approximate surface area is 90.3 Å². The molecule has 0 radical (unpaired) electrons. The minimum absolute atomic E-state index is 0.0144. The van der Waals surface area contributed by atoms with Crippen LogP contribution in [-0.4, -0.2) is 11.5 Å². The highest BCUT2D eigenvalue weighted by Gasteiger charge is 2.21. The summed E-state index contributed by atoms with van der Waals surface area (Å²) in [4.78, 5) is 10.3. The Morgan fingerprint density at radius 3 is 2.20 bits per heavy atom. The van der Waals surface area contributed by atoms with Gasteiger partial charge in [-0.15, -0.1) is 0 Å². The largest absolute Gasteiger partial charge is 0.265 e. The number of rotatable bonds is 4. The molecule has 1 aromatic rings. The summed E-state index contributed by atoms with van der Waals surface area (Å²) in [5.74, 6) is 0.304. The zero-order valence-corrected chi connectivity index (χ0v) is 9.43. The van der Waals surface area contributed by atoms with E-state index in [-0.39, 0.29) is 23.3 Å². The van der Waals surface area contributed by atoms with Gasteiger partial charge in [-0.3, -0.25) is 10.1 Å². The number of benzene rings is 1. The van der Waals surface area contributed by atoms with Crippen molar-refractivity contribution in [3.63, 3.8) is 0 Å². The number of nitrogens with zero attached hydrogens (tertiary/aromatic N) is 1. The predicted octanol–water partition coefficient (Wildman–Crippen LogP) is 3.01. The molecule has 0 aliphatic rings. The van der Waals surface area contributed by atoms with Gasteiger partial charge in [0.15, 0.2) is 0 Å². The molecule has 3 nitrogen and oxygen atoms in total. The van der Waals surface area contributed by atoms with Crippen molar-refractivity contribution in [2.24, 2.45) is 5.92 Å². The first kappa shape index (κ1) is 11.7. The van der Waals surface area contributed by atoms with Crippen molar-refractivity contribution in [3.05, 3.63) is 45.5 Å². The minimum atomic E-state index is -0.232. The van der Waals surface area contributed by atoms with E-state index in [9.17, 15) is 10.1 Å². The van der Waals surface area contributed by atoms with Crippen LogP contribution in [0.4, 0.5) is 0 Å². The highest BCUT2D eigenvalue weighted by Crippen LogP contribution is 2.24. The molecule has 3 heteroatoms. The van der Waals surface area contributed by atoms with E-state index >= 15 is 0 Å². The topological polar surface area (TPSA) is 43.1 Å². The summed E-state index contributed by atoms with van der Waals surface area (Å²) in [5, 5.41) is 10.6. The lowest BCUT2D eigenvalue weighted by molar-refractivity contribution is -0.484. The van der Waals surface area contributed by atoms with Crippen molar-refractivity contribution in [1.82, 2.24) is 0 Å². The molecular formula is C12H17NO2. The van der Waals surface area contributed by atoms with Crippen LogP contribution in [0.3, 0.4) is 0 Å². The first-order valence-electron chi connectivity index (χ1n) is 5.19. The smallest absolute Gasteiger partial charge is 0.210 e. The van der Waals surface area contributed by atoms with Crippen molar-refractivity contribution in [2.75, 3.05) is 6.54 Å². The van der Waals surface area contributed by atoms with E-state index in [0.29, 0.717) is 0 Å². The molecule has 0 spiro atoms. The quantitative estimate of drug-likeness (QED) is 0.562. The Morgan fingerprint density at radius 2 is 1.80 bits per heavy atom. The maximum Gasteiger partial charge on any atom is 0.210 e. The Balaban J connectivity index is 2.88. The molecule has 0 aliphatic heterocycles. The van der Waals surface area contributed by atoms with Crippen LogP contribution < -0.4 is 0 Å². The minimum Gasteiger partial charge on any atom is -0.265 e. The summed E-state index contributed by atoms with van der Waals surface area (Å²) in [6.45, 7) is 6.07. The molecule has 1 atom stereocenters. The fourth-order valence-electron chi connectivity index (χ4n) is 1.68. The molecule has 0 saturated carbocycles. The molecule has 0 saturated heterocycles. The van der Waals surface area contributed by atoms with Crippen molar-refractivity contribution in [1.29, 1.82) is 0 Å². The number of hydrogen-bond donors (Lipinski definition) is 0. The molecule has 1 rings (SSSR count). The van der Waals surface area contributed by atoms with Crippen LogP contribution in [0.5, 0.6) is 0 Å². The maximum atomic E-state index is 10.6. The van der Waals surface area contributed by atoms with Gasteiger partial charge in [-0.1, -0.05) is 43.7 Å². The summed E-state index contributed by atoms with van der Waals surface area (Å²) < 4.78 is 0. The lowest BCUT2D eigenvalue weighted by atomic mass is 9.88. The van der Waals surface area contributed by atoms with Gasteiger partial charge >= 0.3 is 0 Å². The van der Waals surface area contributed by atoms with Gasteiger partial charge in [-0.2, -0.15) is 0 Å². The average Bonchev–Trinajstić information content (AvgIpc) is 2.15. The second-order valence-corrected chi connectivity index (χ2v) is 4.28. The van der Waals surface area contributed by atoms with E-state index < -0.39 is 0 Å². The van der Waals surface area contributed by atoms with E-state index in [1.54, 1.807) is 0 Å². The van der Waals surface area contributed by atoms with Crippen LogP contribution in [-0.2, 0) is 0 Å². The molecule has 0 N–H and O–H groups in total. The van der Waals surface area contributed by atoms with Gasteiger partial charge in [0.1, 0.15) is 0 Å². The van der Waals surface area contributed by atoms with Gasteiger partial charge in [0.2, 0.25) is 6.54 Å². The van der Waals surface area contributed by atoms with Crippen LogP contribution in [0.15, 0.2) is 24.3 Å². The van der Waals surface area contributed by atoms with Crippen LogP contribution in [0, 0.1) is 23.0 Å². The van der Waals surface area contributed by atoms with Gasteiger partial charge < -0.3 is 0 Å². The van der Waals surface area contributed by atoms with Crippen LogP contribution in [0.2, 0.25) is 0 Å². The lowest BCUT2D eigenvalue weighted by Crippen LogP contribution is -2.17. The highest BCUT2D eigenvalue weighted by molar-refractivity contribution is 5.24. The molecule has 0 amide bonds. The van der Waals surface area contributed by atoms with Crippen molar-refractivity contribution in [2.45, 2.75) is 26.7 Å². The Hall–Kier alpha value is -1.38. The zero-order chi connectivity index (χ0) is 11.4. The Kier molecular flexibility index (Phi) is 3.83. The number of hydrogen-bond acceptors (Lipinski definition) is 2. The van der Waals surface area contributed by atoms with Crippen LogP contribution in [0.25, 0.3) is 0 Å². The summed E-state index contributed by atoms with van der Waals surface area (Å²) >= 11 is 0. The summed E-state index contributed by atoms with van der Waals surface area (Å²) in [7, 11) is 0. The van der Waals surface area contributed by atoms with Crippen LogP contribution in [0.1, 0.15) is 30.9 Å². The molecule has 0 fully saturated rings. The third-order valence-electron chi connectivity index (χ3n) is 2.66. The van der Waals surface area contributed by atoms with E-state index in [0.717, 1.165) is 5.56 Å². The van der Waals surface area contributed by atoms with Gasteiger partial charge in [0.25, 0.3) is 0 Å². The summed E-state index contributed by atoms with van der Waals surface area (Å²) in [6.07, 6.45) is 0. The third-order valence-corrected chi connectivity index (χ3v) is 2.66. The average molecular weight is 207 g/mol. The standard InChI is InChI=1S/C12H17NO2/c1-9(2)12(8-13(14)15)11-6-4-10(3)5-7-11/h4-7,9,12H,8H2,1-3H3. The normalized spacial score (nSPS) is 12.8. The third kappa shape index (κ3) is 3.35. The second-order valence-electron chi connectivity index (χ2n) is 4.28. The summed E-state index contributed by atoms with van der Waals surface area (Å²) in [6, 6.07) is 7.99. The molecule has 0 heterocycles. The molecule has 0 aliphatic carbocycles. The Bertz CT molecular complexity index is 330. The molecule has 1 unspecified atom stereocenters. The van der Waals surface area contributed by atoms with E-state index in [1.807, 2.05) is 45.0 Å². The first-order valence-corrected chi connectivity index (χ1v) is 5.19. The lowest BCUT2D eigenvalue weighted by Gasteiger charge is -2.17.